The summed E-state index contributed by atoms with van der Waals surface area (Å²) in [7, 11) is 1.82. The Kier molecular flexibility index (Phi) is 6.93. The van der Waals surface area contributed by atoms with Gasteiger partial charge >= 0.3 is 0 Å². The van der Waals surface area contributed by atoms with Crippen molar-refractivity contribution < 1.29 is 9.53 Å². The van der Waals surface area contributed by atoms with Crippen LogP contribution in [-0.4, -0.2) is 31.0 Å². The van der Waals surface area contributed by atoms with Crippen molar-refractivity contribution >= 4 is 33.4 Å². The van der Waals surface area contributed by atoms with Crippen LogP contribution in [0, 0.1) is 0 Å². The summed E-state index contributed by atoms with van der Waals surface area (Å²) in [6, 6.07) is 14.7. The van der Waals surface area contributed by atoms with Crippen LogP contribution in [-0.2, 0) is 0 Å². The number of rotatable bonds is 7. The van der Waals surface area contributed by atoms with E-state index in [1.165, 1.54) is 0 Å². The third-order valence-corrected chi connectivity index (χ3v) is 4.19. The van der Waals surface area contributed by atoms with E-state index in [9.17, 15) is 4.79 Å². The van der Waals surface area contributed by atoms with Crippen molar-refractivity contribution in [2.75, 3.05) is 20.2 Å². The first-order chi connectivity index (χ1) is 11.1. The maximum atomic E-state index is 12.2. The number of halogens is 2. The Morgan fingerprint density at radius 1 is 1.09 bits per heavy atom. The molecule has 1 amide bonds. The highest BCUT2D eigenvalue weighted by Crippen LogP contribution is 2.16. The lowest BCUT2D eigenvalue weighted by molar-refractivity contribution is 0.0791. The smallest absolute Gasteiger partial charge is 0.253 e. The predicted octanol–water partition coefficient (Wildman–Crippen LogP) is 5.03. The summed E-state index contributed by atoms with van der Waals surface area (Å²) in [6.07, 6.45) is 1.78. The number of hydrogen-bond donors (Lipinski definition) is 0. The van der Waals surface area contributed by atoms with Gasteiger partial charge in [0.1, 0.15) is 5.75 Å². The van der Waals surface area contributed by atoms with Gasteiger partial charge in [-0.1, -0.05) is 27.5 Å². The monoisotopic (exact) mass is 395 g/mol. The molecule has 23 heavy (non-hydrogen) atoms. The van der Waals surface area contributed by atoms with Gasteiger partial charge in [0.25, 0.3) is 5.91 Å². The van der Waals surface area contributed by atoms with Gasteiger partial charge in [0, 0.05) is 28.7 Å². The number of unbranched alkanes of at least 4 members (excludes halogenated alkanes) is 1. The van der Waals surface area contributed by atoms with Crippen LogP contribution in [0.25, 0.3) is 0 Å². The van der Waals surface area contributed by atoms with E-state index in [2.05, 4.69) is 15.9 Å². The number of ether oxygens (including phenoxy) is 1. The molecule has 0 bridgehead atoms. The molecule has 122 valence electrons. The summed E-state index contributed by atoms with van der Waals surface area (Å²) >= 11 is 9.19. The number of amides is 1. The Morgan fingerprint density at radius 2 is 1.74 bits per heavy atom. The number of hydrogen-bond acceptors (Lipinski definition) is 2. The van der Waals surface area contributed by atoms with Crippen LogP contribution < -0.4 is 4.74 Å². The fourth-order valence-electron chi connectivity index (χ4n) is 2.09. The standard InChI is InChI=1S/C18H19BrClNO2/c1-21(18(22)14-4-6-15(19)7-5-14)12-2-3-13-23-17-10-8-16(20)9-11-17/h4-11H,2-3,12-13H2,1H3. The Bertz CT molecular complexity index is 628. The SMILES string of the molecule is CN(CCCCOc1ccc(Cl)cc1)C(=O)c1ccc(Br)cc1. The van der Waals surface area contributed by atoms with Gasteiger partial charge in [-0.2, -0.15) is 0 Å². The van der Waals surface area contributed by atoms with Gasteiger partial charge in [0.05, 0.1) is 6.61 Å². The second-order valence-electron chi connectivity index (χ2n) is 5.24. The highest BCUT2D eigenvalue weighted by atomic mass is 79.9. The molecule has 0 aliphatic carbocycles. The molecule has 5 heteroatoms. The lowest BCUT2D eigenvalue weighted by atomic mass is 10.2. The van der Waals surface area contributed by atoms with Crippen molar-refractivity contribution in [2.45, 2.75) is 12.8 Å². The van der Waals surface area contributed by atoms with Crippen LogP contribution in [0.2, 0.25) is 5.02 Å². The molecule has 0 radical (unpaired) electrons. The average molecular weight is 397 g/mol. The molecular formula is C18H19BrClNO2. The number of carbonyl (C=O) groups is 1. The summed E-state index contributed by atoms with van der Waals surface area (Å²) in [5, 5.41) is 0.699. The van der Waals surface area contributed by atoms with E-state index >= 15 is 0 Å². The van der Waals surface area contributed by atoms with Gasteiger partial charge in [-0.15, -0.1) is 0 Å². The number of carbonyl (C=O) groups excluding carboxylic acids is 1. The molecule has 0 aliphatic heterocycles. The second kappa shape index (κ2) is 8.94. The van der Waals surface area contributed by atoms with Crippen molar-refractivity contribution in [3.63, 3.8) is 0 Å². The Balaban J connectivity index is 1.68. The topological polar surface area (TPSA) is 29.5 Å². The highest BCUT2D eigenvalue weighted by molar-refractivity contribution is 9.10. The lowest BCUT2D eigenvalue weighted by Gasteiger charge is -2.17. The fourth-order valence-corrected chi connectivity index (χ4v) is 2.48. The van der Waals surface area contributed by atoms with Crippen molar-refractivity contribution in [3.05, 3.63) is 63.6 Å². The third kappa shape index (κ3) is 5.88. The van der Waals surface area contributed by atoms with Crippen molar-refractivity contribution in [2.24, 2.45) is 0 Å². The van der Waals surface area contributed by atoms with E-state index in [0.29, 0.717) is 23.7 Å². The average Bonchev–Trinajstić information content (AvgIpc) is 2.56. The Hall–Kier alpha value is -1.52. The maximum absolute atomic E-state index is 12.2. The van der Waals surface area contributed by atoms with Crippen LogP contribution in [0.5, 0.6) is 5.75 Å². The Labute approximate surface area is 150 Å². The first kappa shape index (κ1) is 17.8. The van der Waals surface area contributed by atoms with Crippen LogP contribution >= 0.6 is 27.5 Å². The molecule has 0 unspecified atom stereocenters. The van der Waals surface area contributed by atoms with E-state index in [-0.39, 0.29) is 5.91 Å². The minimum atomic E-state index is 0.0381. The molecule has 0 spiro atoms. The molecule has 0 aromatic heterocycles. The molecule has 3 nitrogen and oxygen atoms in total. The van der Waals surface area contributed by atoms with E-state index in [1.54, 1.807) is 4.90 Å². The zero-order valence-corrected chi connectivity index (χ0v) is 15.3. The molecule has 0 fully saturated rings. The summed E-state index contributed by atoms with van der Waals surface area (Å²) < 4.78 is 6.60. The van der Waals surface area contributed by atoms with Crippen LogP contribution in [0.4, 0.5) is 0 Å². The molecule has 2 aromatic carbocycles. The molecule has 0 aliphatic rings. The fraction of sp³-hybridized carbons (Fsp3) is 0.278. The zero-order chi connectivity index (χ0) is 16.7. The molecular weight excluding hydrogens is 378 g/mol. The van der Waals surface area contributed by atoms with Crippen molar-refractivity contribution in [1.29, 1.82) is 0 Å². The van der Waals surface area contributed by atoms with Crippen LogP contribution in [0.3, 0.4) is 0 Å². The first-order valence-electron chi connectivity index (χ1n) is 7.45. The van der Waals surface area contributed by atoms with E-state index in [1.807, 2.05) is 55.6 Å². The quantitative estimate of drug-likeness (QED) is 0.614. The molecule has 0 atom stereocenters. The Morgan fingerprint density at radius 3 is 2.39 bits per heavy atom. The van der Waals surface area contributed by atoms with Gasteiger partial charge in [-0.3, -0.25) is 4.79 Å². The summed E-state index contributed by atoms with van der Waals surface area (Å²) in [5.74, 6) is 0.852. The predicted molar refractivity (Wildman–Crippen MR) is 97.3 cm³/mol. The molecule has 0 saturated carbocycles. The zero-order valence-electron chi connectivity index (χ0n) is 13.0. The first-order valence-corrected chi connectivity index (χ1v) is 8.63. The maximum Gasteiger partial charge on any atom is 0.253 e. The molecule has 0 saturated heterocycles. The molecule has 2 rings (SSSR count). The minimum Gasteiger partial charge on any atom is -0.494 e. The van der Waals surface area contributed by atoms with E-state index in [4.69, 9.17) is 16.3 Å². The molecule has 0 N–H and O–H groups in total. The van der Waals surface area contributed by atoms with Crippen LogP contribution in [0.15, 0.2) is 53.0 Å². The highest BCUT2D eigenvalue weighted by Gasteiger charge is 2.10. The van der Waals surface area contributed by atoms with Gasteiger partial charge < -0.3 is 9.64 Å². The van der Waals surface area contributed by atoms with Gasteiger partial charge in [0.2, 0.25) is 0 Å². The summed E-state index contributed by atoms with van der Waals surface area (Å²) in [6.45, 7) is 1.33. The molecule has 0 heterocycles. The van der Waals surface area contributed by atoms with Gasteiger partial charge in [0.15, 0.2) is 0 Å². The molecule has 2 aromatic rings. The normalized spacial score (nSPS) is 10.4. The van der Waals surface area contributed by atoms with Gasteiger partial charge in [-0.05, 0) is 61.4 Å². The lowest BCUT2D eigenvalue weighted by Crippen LogP contribution is -2.27. The third-order valence-electron chi connectivity index (χ3n) is 3.41. The van der Waals surface area contributed by atoms with Gasteiger partial charge in [-0.25, -0.2) is 0 Å². The van der Waals surface area contributed by atoms with Crippen molar-refractivity contribution in [3.8, 4) is 5.75 Å². The number of benzene rings is 2. The minimum absolute atomic E-state index is 0.0381. The largest absolute Gasteiger partial charge is 0.494 e. The van der Waals surface area contributed by atoms with Crippen LogP contribution in [0.1, 0.15) is 23.2 Å². The number of nitrogens with zero attached hydrogens (tertiary/aromatic N) is 1. The van der Waals surface area contributed by atoms with E-state index < -0.39 is 0 Å². The second-order valence-corrected chi connectivity index (χ2v) is 6.60. The van der Waals surface area contributed by atoms with E-state index in [0.717, 1.165) is 23.1 Å². The van der Waals surface area contributed by atoms with Crippen molar-refractivity contribution in [1.82, 2.24) is 4.90 Å². The summed E-state index contributed by atoms with van der Waals surface area (Å²) in [5.41, 5.74) is 0.702. The summed E-state index contributed by atoms with van der Waals surface area (Å²) in [4.78, 5) is 14.0.